The van der Waals surface area contributed by atoms with Gasteiger partial charge in [-0.25, -0.2) is 0 Å². The zero-order valence-electron chi connectivity index (χ0n) is 8.22. The summed E-state index contributed by atoms with van der Waals surface area (Å²) in [4.78, 5) is 0. The molecule has 13 heavy (non-hydrogen) atoms. The highest BCUT2D eigenvalue weighted by molar-refractivity contribution is 5.41. The molecule has 1 nitrogen and oxygen atoms in total. The molecule has 0 unspecified atom stereocenters. The van der Waals surface area contributed by atoms with E-state index in [9.17, 15) is 0 Å². The zero-order valence-corrected chi connectivity index (χ0v) is 8.22. The molecule has 1 fully saturated rings. The summed E-state index contributed by atoms with van der Waals surface area (Å²) in [6, 6.07) is 8.39. The van der Waals surface area contributed by atoms with Gasteiger partial charge in [0, 0.05) is 5.69 Å². The first-order chi connectivity index (χ1) is 6.21. The Morgan fingerprint density at radius 3 is 2.15 bits per heavy atom. The van der Waals surface area contributed by atoms with E-state index in [-0.39, 0.29) is 0 Å². The Hall–Kier alpha value is -0.980. The second-order valence-corrected chi connectivity index (χ2v) is 4.39. The van der Waals surface area contributed by atoms with E-state index in [4.69, 9.17) is 5.73 Å². The number of rotatable bonds is 1. The van der Waals surface area contributed by atoms with Crippen molar-refractivity contribution in [3.8, 4) is 0 Å². The summed E-state index contributed by atoms with van der Waals surface area (Å²) in [5.41, 5.74) is 8.42. The lowest BCUT2D eigenvalue weighted by molar-refractivity contribution is 0.491. The number of hydrogen-bond acceptors (Lipinski definition) is 1. The van der Waals surface area contributed by atoms with Gasteiger partial charge < -0.3 is 5.73 Å². The molecule has 0 spiro atoms. The van der Waals surface area contributed by atoms with Crippen molar-refractivity contribution in [2.45, 2.75) is 38.0 Å². The Balaban J connectivity index is 2.29. The van der Waals surface area contributed by atoms with Gasteiger partial charge in [0.1, 0.15) is 0 Å². The van der Waals surface area contributed by atoms with Gasteiger partial charge in [0.15, 0.2) is 0 Å². The molecular weight excluding hydrogens is 158 g/mol. The molecule has 0 aliphatic heterocycles. The Bertz CT molecular complexity index is 280. The summed E-state index contributed by atoms with van der Waals surface area (Å²) < 4.78 is 0. The third-order valence-corrected chi connectivity index (χ3v) is 3.31. The van der Waals surface area contributed by atoms with Crippen LogP contribution in [0.5, 0.6) is 0 Å². The maximum atomic E-state index is 5.67. The second-order valence-electron chi connectivity index (χ2n) is 4.39. The van der Waals surface area contributed by atoms with Crippen molar-refractivity contribution in [2.75, 3.05) is 5.73 Å². The van der Waals surface area contributed by atoms with Gasteiger partial charge in [-0.05, 0) is 36.0 Å². The fourth-order valence-corrected chi connectivity index (χ4v) is 2.33. The Kier molecular flexibility index (Phi) is 2.03. The minimum Gasteiger partial charge on any atom is -0.399 e. The van der Waals surface area contributed by atoms with E-state index in [1.807, 2.05) is 12.1 Å². The molecule has 1 heteroatoms. The predicted molar refractivity (Wildman–Crippen MR) is 56.7 cm³/mol. The Labute approximate surface area is 80.0 Å². The summed E-state index contributed by atoms with van der Waals surface area (Å²) >= 11 is 0. The summed E-state index contributed by atoms with van der Waals surface area (Å²) in [6.45, 7) is 2.37. The summed E-state index contributed by atoms with van der Waals surface area (Å²) in [5.74, 6) is 0. The van der Waals surface area contributed by atoms with E-state index in [0.29, 0.717) is 5.41 Å². The minimum absolute atomic E-state index is 0.424. The van der Waals surface area contributed by atoms with Crippen molar-refractivity contribution in [3.05, 3.63) is 29.8 Å². The minimum atomic E-state index is 0.424. The van der Waals surface area contributed by atoms with E-state index in [1.54, 1.807) is 0 Å². The topological polar surface area (TPSA) is 26.0 Å². The van der Waals surface area contributed by atoms with Gasteiger partial charge in [-0.3, -0.25) is 0 Å². The van der Waals surface area contributed by atoms with Crippen LogP contribution in [0.15, 0.2) is 24.3 Å². The van der Waals surface area contributed by atoms with Gasteiger partial charge >= 0.3 is 0 Å². The van der Waals surface area contributed by atoms with Gasteiger partial charge in [-0.2, -0.15) is 0 Å². The summed E-state index contributed by atoms with van der Waals surface area (Å²) in [6.07, 6.45) is 5.41. The van der Waals surface area contributed by atoms with Crippen molar-refractivity contribution in [1.82, 2.24) is 0 Å². The molecule has 1 aromatic carbocycles. The molecule has 0 bridgehead atoms. The Morgan fingerprint density at radius 1 is 1.08 bits per heavy atom. The fourth-order valence-electron chi connectivity index (χ4n) is 2.33. The molecule has 1 aromatic rings. The summed E-state index contributed by atoms with van der Waals surface area (Å²) in [7, 11) is 0. The fraction of sp³-hybridized carbons (Fsp3) is 0.500. The maximum absolute atomic E-state index is 5.67. The molecule has 0 atom stereocenters. The first-order valence-corrected chi connectivity index (χ1v) is 5.07. The second kappa shape index (κ2) is 3.06. The van der Waals surface area contributed by atoms with Crippen LogP contribution in [-0.4, -0.2) is 0 Å². The molecule has 0 saturated heterocycles. The van der Waals surface area contributed by atoms with Crippen LogP contribution in [0.3, 0.4) is 0 Å². The lowest BCUT2D eigenvalue weighted by Crippen LogP contribution is -2.16. The molecule has 2 N–H and O–H groups in total. The number of hydrogen-bond donors (Lipinski definition) is 1. The van der Waals surface area contributed by atoms with Gasteiger partial charge in [0.2, 0.25) is 0 Å². The van der Waals surface area contributed by atoms with Crippen LogP contribution < -0.4 is 5.73 Å². The van der Waals surface area contributed by atoms with E-state index in [2.05, 4.69) is 19.1 Å². The smallest absolute Gasteiger partial charge is 0.0314 e. The average molecular weight is 175 g/mol. The molecule has 1 saturated carbocycles. The highest BCUT2D eigenvalue weighted by Crippen LogP contribution is 2.40. The van der Waals surface area contributed by atoms with Crippen molar-refractivity contribution >= 4 is 5.69 Å². The lowest BCUT2D eigenvalue weighted by atomic mass is 9.81. The average Bonchev–Trinajstić information content (AvgIpc) is 2.54. The molecule has 2 rings (SSSR count). The van der Waals surface area contributed by atoms with Crippen molar-refractivity contribution in [3.63, 3.8) is 0 Å². The molecule has 1 aliphatic carbocycles. The molecular formula is C12H17N. The SMILES string of the molecule is CC1(c2ccc(N)cc2)CCCC1. The van der Waals surface area contributed by atoms with E-state index >= 15 is 0 Å². The maximum Gasteiger partial charge on any atom is 0.0314 e. The van der Waals surface area contributed by atoms with Crippen LogP contribution in [-0.2, 0) is 5.41 Å². The highest BCUT2D eigenvalue weighted by Gasteiger charge is 2.29. The first kappa shape index (κ1) is 8.61. The molecule has 0 radical (unpaired) electrons. The van der Waals surface area contributed by atoms with Crippen molar-refractivity contribution in [2.24, 2.45) is 0 Å². The number of benzene rings is 1. The van der Waals surface area contributed by atoms with Crippen molar-refractivity contribution < 1.29 is 0 Å². The molecule has 70 valence electrons. The lowest BCUT2D eigenvalue weighted by Gasteiger charge is -2.24. The van der Waals surface area contributed by atoms with Crippen LogP contribution in [0, 0.1) is 0 Å². The Morgan fingerprint density at radius 2 is 1.62 bits per heavy atom. The van der Waals surface area contributed by atoms with Gasteiger partial charge in [0.05, 0.1) is 0 Å². The number of anilines is 1. The van der Waals surface area contributed by atoms with Crippen LogP contribution >= 0.6 is 0 Å². The highest BCUT2D eigenvalue weighted by atomic mass is 14.5. The molecule has 0 aromatic heterocycles. The van der Waals surface area contributed by atoms with E-state index < -0.39 is 0 Å². The summed E-state index contributed by atoms with van der Waals surface area (Å²) in [5, 5.41) is 0. The van der Waals surface area contributed by atoms with E-state index in [0.717, 1.165) is 5.69 Å². The van der Waals surface area contributed by atoms with Gasteiger partial charge in [0.25, 0.3) is 0 Å². The molecule has 0 heterocycles. The molecule has 0 amide bonds. The number of nitrogens with two attached hydrogens (primary N) is 1. The normalized spacial score (nSPS) is 20.4. The van der Waals surface area contributed by atoms with Crippen LogP contribution in [0.4, 0.5) is 5.69 Å². The van der Waals surface area contributed by atoms with Crippen LogP contribution in [0.2, 0.25) is 0 Å². The predicted octanol–water partition coefficient (Wildman–Crippen LogP) is 3.10. The van der Waals surface area contributed by atoms with Gasteiger partial charge in [-0.1, -0.05) is 31.9 Å². The van der Waals surface area contributed by atoms with E-state index in [1.165, 1.54) is 31.2 Å². The third kappa shape index (κ3) is 1.55. The zero-order chi connectivity index (χ0) is 9.31. The quantitative estimate of drug-likeness (QED) is 0.652. The largest absolute Gasteiger partial charge is 0.399 e. The van der Waals surface area contributed by atoms with Crippen LogP contribution in [0.1, 0.15) is 38.2 Å². The van der Waals surface area contributed by atoms with Crippen molar-refractivity contribution in [1.29, 1.82) is 0 Å². The molecule has 1 aliphatic rings. The standard InChI is InChI=1S/C12H17N/c1-12(8-2-3-9-12)10-4-6-11(13)7-5-10/h4-7H,2-3,8-9,13H2,1H3. The van der Waals surface area contributed by atoms with Gasteiger partial charge in [-0.15, -0.1) is 0 Å². The monoisotopic (exact) mass is 175 g/mol. The first-order valence-electron chi connectivity index (χ1n) is 5.07. The van der Waals surface area contributed by atoms with Crippen LogP contribution in [0.25, 0.3) is 0 Å². The number of nitrogen functional groups attached to an aromatic ring is 1. The third-order valence-electron chi connectivity index (χ3n) is 3.31.